The van der Waals surface area contributed by atoms with Crippen LogP contribution in [-0.4, -0.2) is 23.5 Å². The molecule has 0 unspecified atom stereocenters. The maximum absolute atomic E-state index is 13.3. The van der Waals surface area contributed by atoms with E-state index in [4.69, 9.17) is 0 Å². The number of benzene rings is 3. The van der Waals surface area contributed by atoms with Crippen molar-refractivity contribution in [1.82, 2.24) is 0 Å². The van der Waals surface area contributed by atoms with Gasteiger partial charge in [0.1, 0.15) is 12.4 Å². The summed E-state index contributed by atoms with van der Waals surface area (Å²) in [5.74, 6) is -1.44. The van der Waals surface area contributed by atoms with Crippen LogP contribution in [0.4, 0.5) is 15.8 Å². The standard InChI is InChI=1S/C23H19FN2O3/c1-15-5-4-6-16(13-15)23(29)19-7-2-3-8-20(19)26(22(23)28)14-21(27)25-18-11-9-17(24)10-12-18/h2-13,29H,14H2,1H3,(H,25,27)/t23-/m0/s1. The topological polar surface area (TPSA) is 69.6 Å². The Bertz CT molecular complexity index is 1100. The maximum Gasteiger partial charge on any atom is 0.268 e. The molecule has 0 fully saturated rings. The van der Waals surface area contributed by atoms with Gasteiger partial charge in [0, 0.05) is 11.3 Å². The molecule has 2 N–H and O–H groups in total. The minimum atomic E-state index is -1.86. The average molecular weight is 390 g/mol. The van der Waals surface area contributed by atoms with Crippen molar-refractivity contribution in [3.63, 3.8) is 0 Å². The fraction of sp³-hybridized carbons (Fsp3) is 0.130. The van der Waals surface area contributed by atoms with Crippen molar-refractivity contribution >= 4 is 23.2 Å². The number of aliphatic hydroxyl groups is 1. The number of carbonyl (C=O) groups excluding carboxylic acids is 2. The van der Waals surface area contributed by atoms with E-state index in [1.54, 1.807) is 42.5 Å². The lowest BCUT2D eigenvalue weighted by atomic mass is 9.87. The van der Waals surface area contributed by atoms with Crippen molar-refractivity contribution < 1.29 is 19.1 Å². The fourth-order valence-electron chi connectivity index (χ4n) is 3.62. The number of nitrogens with zero attached hydrogens (tertiary/aromatic N) is 1. The zero-order chi connectivity index (χ0) is 20.6. The Labute approximate surface area is 167 Å². The number of hydrogen-bond acceptors (Lipinski definition) is 3. The third-order valence-electron chi connectivity index (χ3n) is 5.00. The van der Waals surface area contributed by atoms with E-state index >= 15 is 0 Å². The molecule has 0 radical (unpaired) electrons. The second-order valence-electron chi connectivity index (χ2n) is 7.04. The molecule has 1 heterocycles. The molecular formula is C23H19FN2O3. The van der Waals surface area contributed by atoms with E-state index < -0.39 is 23.2 Å². The van der Waals surface area contributed by atoms with Gasteiger partial charge < -0.3 is 10.4 Å². The van der Waals surface area contributed by atoms with Crippen molar-refractivity contribution in [2.45, 2.75) is 12.5 Å². The second-order valence-corrected chi connectivity index (χ2v) is 7.04. The monoisotopic (exact) mass is 390 g/mol. The number of nitrogens with one attached hydrogen (secondary N) is 1. The summed E-state index contributed by atoms with van der Waals surface area (Å²) in [4.78, 5) is 27.1. The van der Waals surface area contributed by atoms with Gasteiger partial charge in [0.05, 0.1) is 5.69 Å². The maximum atomic E-state index is 13.3. The van der Waals surface area contributed by atoms with Crippen LogP contribution in [0.1, 0.15) is 16.7 Å². The van der Waals surface area contributed by atoms with Gasteiger partial charge in [-0.1, -0.05) is 48.0 Å². The summed E-state index contributed by atoms with van der Waals surface area (Å²) in [5.41, 5.74) is 0.843. The van der Waals surface area contributed by atoms with Gasteiger partial charge in [0.2, 0.25) is 5.91 Å². The van der Waals surface area contributed by atoms with Gasteiger partial charge in [-0.15, -0.1) is 0 Å². The van der Waals surface area contributed by atoms with Gasteiger partial charge in [-0.3, -0.25) is 14.5 Å². The van der Waals surface area contributed by atoms with Gasteiger partial charge in [0.25, 0.3) is 5.91 Å². The van der Waals surface area contributed by atoms with Crippen molar-refractivity contribution in [3.8, 4) is 0 Å². The first kappa shape index (κ1) is 18.8. The third kappa shape index (κ3) is 3.28. The number of hydrogen-bond donors (Lipinski definition) is 2. The lowest BCUT2D eigenvalue weighted by Crippen LogP contribution is -2.44. The molecule has 146 valence electrons. The Balaban J connectivity index is 1.66. The number of amides is 2. The van der Waals surface area contributed by atoms with Crippen molar-refractivity contribution in [3.05, 3.63) is 95.3 Å². The number of rotatable bonds is 4. The minimum Gasteiger partial charge on any atom is -0.372 e. The average Bonchev–Trinajstić information content (AvgIpc) is 2.93. The Morgan fingerprint density at radius 2 is 1.79 bits per heavy atom. The first-order valence-corrected chi connectivity index (χ1v) is 9.16. The fourth-order valence-corrected chi connectivity index (χ4v) is 3.62. The summed E-state index contributed by atoms with van der Waals surface area (Å²) in [6.07, 6.45) is 0. The Kier molecular flexibility index (Phi) is 4.64. The molecular weight excluding hydrogens is 371 g/mol. The van der Waals surface area contributed by atoms with Crippen LogP contribution in [0.3, 0.4) is 0 Å². The Morgan fingerprint density at radius 1 is 1.07 bits per heavy atom. The molecule has 0 saturated heterocycles. The molecule has 4 rings (SSSR count). The van der Waals surface area contributed by atoms with Crippen molar-refractivity contribution in [1.29, 1.82) is 0 Å². The summed E-state index contributed by atoms with van der Waals surface area (Å²) in [6, 6.07) is 19.4. The normalized spacial score (nSPS) is 17.9. The molecule has 0 aromatic heterocycles. The Hall–Kier alpha value is -3.51. The lowest BCUT2D eigenvalue weighted by Gasteiger charge is -2.24. The molecule has 6 heteroatoms. The van der Waals surface area contributed by atoms with Crippen LogP contribution < -0.4 is 10.2 Å². The first-order chi connectivity index (χ1) is 13.9. The predicted octanol–water partition coefficient (Wildman–Crippen LogP) is 3.36. The first-order valence-electron chi connectivity index (χ1n) is 9.16. The van der Waals surface area contributed by atoms with Crippen LogP contribution in [-0.2, 0) is 15.2 Å². The highest BCUT2D eigenvalue weighted by Gasteiger charge is 2.51. The summed E-state index contributed by atoms with van der Waals surface area (Å²) < 4.78 is 13.0. The summed E-state index contributed by atoms with van der Waals surface area (Å²) in [6.45, 7) is 1.60. The molecule has 0 bridgehead atoms. The number of aryl methyl sites for hydroxylation is 1. The van der Waals surface area contributed by atoms with E-state index in [1.807, 2.05) is 13.0 Å². The van der Waals surface area contributed by atoms with Gasteiger partial charge >= 0.3 is 0 Å². The second kappa shape index (κ2) is 7.14. The number of halogens is 1. The van der Waals surface area contributed by atoms with E-state index in [0.717, 1.165) is 5.56 Å². The van der Waals surface area contributed by atoms with Crippen molar-refractivity contribution in [2.75, 3.05) is 16.8 Å². The van der Waals surface area contributed by atoms with Gasteiger partial charge in [-0.05, 0) is 42.8 Å². The molecule has 3 aromatic carbocycles. The van der Waals surface area contributed by atoms with E-state index in [-0.39, 0.29) is 6.54 Å². The largest absolute Gasteiger partial charge is 0.372 e. The summed E-state index contributed by atoms with van der Waals surface area (Å²) in [5, 5.41) is 14.1. The molecule has 3 aromatic rings. The number of anilines is 2. The quantitative estimate of drug-likeness (QED) is 0.718. The van der Waals surface area contributed by atoms with E-state index in [2.05, 4.69) is 5.32 Å². The molecule has 29 heavy (non-hydrogen) atoms. The van der Waals surface area contributed by atoms with Crippen LogP contribution in [0.2, 0.25) is 0 Å². The molecule has 0 spiro atoms. The van der Waals surface area contributed by atoms with Gasteiger partial charge in [-0.2, -0.15) is 0 Å². The molecule has 5 nitrogen and oxygen atoms in total. The van der Waals surface area contributed by atoms with Gasteiger partial charge in [0.15, 0.2) is 5.60 Å². The Morgan fingerprint density at radius 3 is 2.52 bits per heavy atom. The van der Waals surface area contributed by atoms with E-state index in [9.17, 15) is 19.1 Å². The highest BCUT2D eigenvalue weighted by Crippen LogP contribution is 2.44. The zero-order valence-corrected chi connectivity index (χ0v) is 15.7. The number of para-hydroxylation sites is 1. The minimum absolute atomic E-state index is 0.276. The molecule has 1 aliphatic heterocycles. The van der Waals surface area contributed by atoms with Crippen LogP contribution >= 0.6 is 0 Å². The van der Waals surface area contributed by atoms with E-state index in [0.29, 0.717) is 22.5 Å². The lowest BCUT2D eigenvalue weighted by molar-refractivity contribution is -0.133. The van der Waals surface area contributed by atoms with Crippen molar-refractivity contribution in [2.24, 2.45) is 0 Å². The number of carbonyl (C=O) groups is 2. The molecule has 0 aliphatic carbocycles. The third-order valence-corrected chi connectivity index (χ3v) is 5.00. The van der Waals surface area contributed by atoms with Crippen LogP contribution in [0.15, 0.2) is 72.8 Å². The van der Waals surface area contributed by atoms with E-state index in [1.165, 1.54) is 29.2 Å². The zero-order valence-electron chi connectivity index (χ0n) is 15.7. The molecule has 1 atom stereocenters. The van der Waals surface area contributed by atoms with Crippen LogP contribution in [0, 0.1) is 12.7 Å². The van der Waals surface area contributed by atoms with Gasteiger partial charge in [-0.25, -0.2) is 4.39 Å². The smallest absolute Gasteiger partial charge is 0.268 e. The highest BCUT2D eigenvalue weighted by molar-refractivity contribution is 6.12. The van der Waals surface area contributed by atoms with Crippen LogP contribution in [0.25, 0.3) is 0 Å². The predicted molar refractivity (Wildman–Crippen MR) is 108 cm³/mol. The molecule has 0 saturated carbocycles. The summed E-state index contributed by atoms with van der Waals surface area (Å²) >= 11 is 0. The summed E-state index contributed by atoms with van der Waals surface area (Å²) in [7, 11) is 0. The number of fused-ring (bicyclic) bond motifs is 1. The highest BCUT2D eigenvalue weighted by atomic mass is 19.1. The SMILES string of the molecule is Cc1cccc([C@@]2(O)C(=O)N(CC(=O)Nc3ccc(F)cc3)c3ccccc32)c1. The molecule has 1 aliphatic rings. The molecule has 2 amide bonds. The van der Waals surface area contributed by atoms with Crippen LogP contribution in [0.5, 0.6) is 0 Å².